The fourth-order valence-corrected chi connectivity index (χ4v) is 7.75. The molecule has 1 N–H and O–H groups in total. The molecular formula is C59H106NO8+. The molecule has 68 heavy (non-hydrogen) atoms. The molecule has 2 atom stereocenters. The van der Waals surface area contributed by atoms with Crippen molar-refractivity contribution >= 4 is 17.9 Å². The van der Waals surface area contributed by atoms with Crippen molar-refractivity contribution < 1.29 is 42.9 Å². The van der Waals surface area contributed by atoms with Gasteiger partial charge in [-0.2, -0.15) is 0 Å². The highest BCUT2D eigenvalue weighted by Crippen LogP contribution is 2.16. The number of nitrogens with zero attached hydrogens (tertiary/aromatic N) is 1. The number of esters is 2. The maximum absolute atomic E-state index is 12.8. The number of aliphatic carboxylic acids is 1. The molecule has 0 saturated heterocycles. The van der Waals surface area contributed by atoms with Gasteiger partial charge in [0.05, 0.1) is 34.4 Å². The van der Waals surface area contributed by atoms with Gasteiger partial charge in [0.2, 0.25) is 0 Å². The molecule has 0 aromatic carbocycles. The van der Waals surface area contributed by atoms with Crippen LogP contribution < -0.4 is 0 Å². The van der Waals surface area contributed by atoms with Gasteiger partial charge in [-0.15, -0.1) is 0 Å². The van der Waals surface area contributed by atoms with Crippen LogP contribution in [0.2, 0.25) is 0 Å². The van der Waals surface area contributed by atoms with E-state index >= 15 is 0 Å². The molecule has 0 heterocycles. The quantitative estimate of drug-likeness (QED) is 0.0211. The van der Waals surface area contributed by atoms with Crippen LogP contribution in [0.4, 0.5) is 0 Å². The third-order valence-corrected chi connectivity index (χ3v) is 12.0. The van der Waals surface area contributed by atoms with Crippen molar-refractivity contribution in [2.45, 2.75) is 251 Å². The first-order chi connectivity index (χ1) is 33.1. The van der Waals surface area contributed by atoms with E-state index < -0.39 is 24.3 Å². The largest absolute Gasteiger partial charge is 0.477 e. The van der Waals surface area contributed by atoms with Crippen molar-refractivity contribution in [2.75, 3.05) is 47.5 Å². The van der Waals surface area contributed by atoms with Gasteiger partial charge in [-0.05, 0) is 57.8 Å². The molecule has 394 valence electrons. The summed E-state index contributed by atoms with van der Waals surface area (Å²) >= 11 is 0. The van der Waals surface area contributed by atoms with Crippen molar-refractivity contribution in [3.8, 4) is 0 Å². The molecule has 0 aromatic rings. The van der Waals surface area contributed by atoms with E-state index in [2.05, 4.69) is 74.6 Å². The molecule has 0 bridgehead atoms. The smallest absolute Gasteiger partial charge is 0.361 e. The third-order valence-electron chi connectivity index (χ3n) is 12.0. The van der Waals surface area contributed by atoms with E-state index in [1.807, 2.05) is 21.1 Å². The molecule has 0 radical (unpaired) electrons. The summed E-state index contributed by atoms with van der Waals surface area (Å²) in [5.41, 5.74) is 0. The molecule has 0 aromatic heterocycles. The molecule has 0 fully saturated rings. The normalized spacial score (nSPS) is 13.2. The van der Waals surface area contributed by atoms with Gasteiger partial charge in [0, 0.05) is 12.8 Å². The number of ether oxygens (including phenoxy) is 4. The highest BCUT2D eigenvalue weighted by Gasteiger charge is 2.25. The zero-order valence-electron chi connectivity index (χ0n) is 44.8. The summed E-state index contributed by atoms with van der Waals surface area (Å²) in [5.74, 6) is -2.00. The lowest BCUT2D eigenvalue weighted by Crippen LogP contribution is -2.40. The van der Waals surface area contributed by atoms with Gasteiger partial charge in [0.15, 0.2) is 6.10 Å². The van der Waals surface area contributed by atoms with Gasteiger partial charge in [-0.25, -0.2) is 4.79 Å². The van der Waals surface area contributed by atoms with E-state index in [1.54, 1.807) is 0 Å². The van der Waals surface area contributed by atoms with Gasteiger partial charge in [0.25, 0.3) is 6.29 Å². The highest BCUT2D eigenvalue weighted by molar-refractivity contribution is 5.71. The molecule has 0 aliphatic rings. The van der Waals surface area contributed by atoms with Crippen LogP contribution in [0.15, 0.2) is 60.8 Å². The van der Waals surface area contributed by atoms with Crippen molar-refractivity contribution in [3.05, 3.63) is 60.8 Å². The second-order valence-electron chi connectivity index (χ2n) is 19.9. The van der Waals surface area contributed by atoms with E-state index in [9.17, 15) is 19.5 Å². The zero-order chi connectivity index (χ0) is 49.9. The number of quaternary nitrogens is 1. The van der Waals surface area contributed by atoms with Crippen LogP contribution in [0, 0.1) is 0 Å². The molecule has 0 spiro atoms. The van der Waals surface area contributed by atoms with Crippen molar-refractivity contribution in [2.24, 2.45) is 0 Å². The van der Waals surface area contributed by atoms with E-state index in [4.69, 9.17) is 18.9 Å². The van der Waals surface area contributed by atoms with Crippen molar-refractivity contribution in [1.29, 1.82) is 0 Å². The Morgan fingerprint density at radius 2 is 0.838 bits per heavy atom. The predicted molar refractivity (Wildman–Crippen MR) is 286 cm³/mol. The zero-order valence-corrected chi connectivity index (χ0v) is 44.8. The van der Waals surface area contributed by atoms with Crippen molar-refractivity contribution in [1.82, 2.24) is 0 Å². The average Bonchev–Trinajstić information content (AvgIpc) is 3.30. The topological polar surface area (TPSA) is 108 Å². The van der Waals surface area contributed by atoms with Crippen LogP contribution in [0.1, 0.15) is 239 Å². The number of unbranched alkanes of at least 4 members (excludes halogenated alkanes) is 26. The van der Waals surface area contributed by atoms with E-state index in [0.717, 1.165) is 70.6 Å². The van der Waals surface area contributed by atoms with E-state index in [1.165, 1.54) is 141 Å². The highest BCUT2D eigenvalue weighted by atomic mass is 16.7. The summed E-state index contributed by atoms with van der Waals surface area (Å²) in [6, 6.07) is 0. The van der Waals surface area contributed by atoms with Gasteiger partial charge in [-0.3, -0.25) is 9.59 Å². The number of carboxylic acids is 1. The van der Waals surface area contributed by atoms with Crippen LogP contribution in [-0.2, 0) is 33.3 Å². The van der Waals surface area contributed by atoms with Gasteiger partial charge < -0.3 is 28.5 Å². The Balaban J connectivity index is 4.13. The van der Waals surface area contributed by atoms with Gasteiger partial charge in [0.1, 0.15) is 13.2 Å². The molecule has 0 saturated carbocycles. The van der Waals surface area contributed by atoms with Crippen LogP contribution in [-0.4, -0.2) is 87.4 Å². The molecule has 9 nitrogen and oxygen atoms in total. The standard InChI is InChI=1S/C59H105NO8/c1-6-8-10-12-14-16-18-20-21-22-23-24-25-26-27-28-29-30-31-32-33-34-35-36-37-38-40-42-44-46-48-50-57(62)68-55(54-67-59(58(63)64)65-52-51-60(3,4)5)53-66-56(61)49-47-45-43-41-39-19-17-15-13-11-9-7-2/h8,10,14,16,20-21,23-24,26-27,55,59H,6-7,9,11-13,15,17-19,22,25,28-54H2,1-5H3/p+1/b10-8-,16-14-,21-20-,24-23-,27-26-. The monoisotopic (exact) mass is 957 g/mol. The summed E-state index contributed by atoms with van der Waals surface area (Å²) < 4.78 is 22.8. The SMILES string of the molecule is CC/C=C\C/C=C\C/C=C\C/C=C\C/C=C\CCCCCCCCCCCCCCCCCC(=O)OC(COC(=O)CCCCCCCCCCCCCC)COC(OCC[N+](C)(C)C)C(=O)O. The van der Waals surface area contributed by atoms with Gasteiger partial charge in [-0.1, -0.05) is 229 Å². The van der Waals surface area contributed by atoms with Crippen molar-refractivity contribution in [3.63, 3.8) is 0 Å². The number of hydrogen-bond donors (Lipinski definition) is 1. The number of carbonyl (C=O) groups excluding carboxylic acids is 2. The summed E-state index contributed by atoms with van der Waals surface area (Å²) in [6.45, 7) is 4.77. The molecule has 0 aliphatic carbocycles. The minimum atomic E-state index is -1.51. The average molecular weight is 957 g/mol. The lowest BCUT2D eigenvalue weighted by Gasteiger charge is -2.25. The lowest BCUT2D eigenvalue weighted by atomic mass is 10.0. The fourth-order valence-electron chi connectivity index (χ4n) is 7.75. The Morgan fingerprint density at radius 1 is 0.456 bits per heavy atom. The van der Waals surface area contributed by atoms with E-state index in [0.29, 0.717) is 17.4 Å². The van der Waals surface area contributed by atoms with Crippen LogP contribution in [0.3, 0.4) is 0 Å². The molecule has 9 heteroatoms. The fraction of sp³-hybridized carbons (Fsp3) is 0.780. The summed E-state index contributed by atoms with van der Waals surface area (Å²) in [4.78, 5) is 37.3. The first kappa shape index (κ1) is 65.0. The number of carbonyl (C=O) groups is 3. The number of likely N-dealkylation sites (N-methyl/N-ethyl adjacent to an activating group) is 1. The first-order valence-corrected chi connectivity index (χ1v) is 28.0. The molecule has 0 rings (SSSR count). The Kier molecular flexibility index (Phi) is 48.2. The van der Waals surface area contributed by atoms with Crippen LogP contribution in [0.25, 0.3) is 0 Å². The molecule has 0 aliphatic heterocycles. The Bertz CT molecular complexity index is 1300. The second-order valence-corrected chi connectivity index (χ2v) is 19.9. The third kappa shape index (κ3) is 50.9. The summed E-state index contributed by atoms with van der Waals surface area (Å²) in [6.07, 6.45) is 60.2. The second kappa shape index (κ2) is 50.4. The summed E-state index contributed by atoms with van der Waals surface area (Å²) in [5, 5.41) is 9.67. The summed E-state index contributed by atoms with van der Waals surface area (Å²) in [7, 11) is 5.97. The molecule has 2 unspecified atom stereocenters. The van der Waals surface area contributed by atoms with Gasteiger partial charge >= 0.3 is 17.9 Å². The Morgan fingerprint density at radius 3 is 1.25 bits per heavy atom. The Hall–Kier alpha value is -3.01. The number of rotatable bonds is 51. The molecule has 0 amide bonds. The minimum Gasteiger partial charge on any atom is -0.477 e. The lowest BCUT2D eigenvalue weighted by molar-refractivity contribution is -0.870. The molecular weight excluding hydrogens is 851 g/mol. The Labute approximate surface area is 418 Å². The van der Waals surface area contributed by atoms with E-state index in [-0.39, 0.29) is 32.2 Å². The minimum absolute atomic E-state index is 0.180. The maximum atomic E-state index is 12.8. The first-order valence-electron chi connectivity index (χ1n) is 28.0. The van der Waals surface area contributed by atoms with Crippen LogP contribution >= 0.6 is 0 Å². The number of allylic oxidation sites excluding steroid dienone is 10. The number of carboxylic acid groups (broad SMARTS) is 1. The predicted octanol–water partition coefficient (Wildman–Crippen LogP) is 16.1. The maximum Gasteiger partial charge on any atom is 0.361 e. The van der Waals surface area contributed by atoms with Crippen LogP contribution in [0.5, 0.6) is 0 Å². The number of hydrogen-bond acceptors (Lipinski definition) is 7.